The molecule has 0 saturated carbocycles. The number of hydrogen-bond acceptors (Lipinski definition) is 6. The largest absolute Gasteiger partial charge is 0.455 e. The minimum Gasteiger partial charge on any atom is -0.455 e. The first kappa shape index (κ1) is 16.6. The molecule has 5 nitrogen and oxygen atoms in total. The number of carbonyl (C=O) groups is 2. The molecule has 0 aromatic carbocycles. The van der Waals surface area contributed by atoms with Gasteiger partial charge in [-0.2, -0.15) is 11.3 Å². The smallest absolute Gasteiger partial charge is 0.312 e. The van der Waals surface area contributed by atoms with Crippen molar-refractivity contribution in [3.05, 3.63) is 27.9 Å². The summed E-state index contributed by atoms with van der Waals surface area (Å²) in [5.41, 5.74) is 1.72. The van der Waals surface area contributed by atoms with Crippen molar-refractivity contribution < 1.29 is 14.3 Å². The van der Waals surface area contributed by atoms with Crippen LogP contribution in [0, 0.1) is 5.92 Å². The van der Waals surface area contributed by atoms with E-state index in [-0.39, 0.29) is 18.9 Å². The maximum atomic E-state index is 11.7. The van der Waals surface area contributed by atoms with Gasteiger partial charge in [-0.1, -0.05) is 13.8 Å². The number of carbonyl (C=O) groups excluding carboxylic acids is 2. The van der Waals surface area contributed by atoms with Gasteiger partial charge in [0.2, 0.25) is 0 Å². The van der Waals surface area contributed by atoms with Crippen molar-refractivity contribution in [3.8, 4) is 10.6 Å². The van der Waals surface area contributed by atoms with Gasteiger partial charge in [0.05, 0.1) is 12.1 Å². The molecule has 2 aromatic heterocycles. The standard InChI is InChI=1S/C15H18N2O3S2/c1-10(2)6-16-13(18)7-20-14(19)5-12-9-22-15(17-12)11-3-4-21-8-11/h3-4,8-10H,5-7H2,1-2H3,(H,16,18). The third-order valence-electron chi connectivity index (χ3n) is 2.72. The number of ether oxygens (including phenoxy) is 1. The Morgan fingerprint density at radius 1 is 1.36 bits per heavy atom. The second-order valence-corrected chi connectivity index (χ2v) is 6.83. The first-order valence-corrected chi connectivity index (χ1v) is 8.76. The number of hydrogen-bond donors (Lipinski definition) is 1. The molecular formula is C15H18N2O3S2. The van der Waals surface area contributed by atoms with Crippen molar-refractivity contribution in [2.45, 2.75) is 20.3 Å². The Labute approximate surface area is 137 Å². The Morgan fingerprint density at radius 3 is 2.86 bits per heavy atom. The monoisotopic (exact) mass is 338 g/mol. The van der Waals surface area contributed by atoms with Crippen LogP contribution in [0.2, 0.25) is 0 Å². The summed E-state index contributed by atoms with van der Waals surface area (Å²) < 4.78 is 4.96. The molecule has 1 N–H and O–H groups in total. The van der Waals surface area contributed by atoms with Crippen molar-refractivity contribution in [3.63, 3.8) is 0 Å². The van der Waals surface area contributed by atoms with E-state index in [9.17, 15) is 9.59 Å². The van der Waals surface area contributed by atoms with Crippen molar-refractivity contribution in [1.29, 1.82) is 0 Å². The van der Waals surface area contributed by atoms with E-state index < -0.39 is 5.97 Å². The second kappa shape index (κ2) is 8.05. The highest BCUT2D eigenvalue weighted by Crippen LogP contribution is 2.25. The fraction of sp³-hybridized carbons (Fsp3) is 0.400. The molecular weight excluding hydrogens is 320 g/mol. The summed E-state index contributed by atoms with van der Waals surface area (Å²) in [6, 6.07) is 1.99. The highest BCUT2D eigenvalue weighted by molar-refractivity contribution is 7.14. The van der Waals surface area contributed by atoms with Gasteiger partial charge in [0.1, 0.15) is 5.01 Å². The first-order valence-electron chi connectivity index (χ1n) is 6.94. The molecule has 0 saturated heterocycles. The topological polar surface area (TPSA) is 68.3 Å². The molecule has 22 heavy (non-hydrogen) atoms. The molecule has 0 radical (unpaired) electrons. The van der Waals surface area contributed by atoms with Gasteiger partial charge in [0.25, 0.3) is 5.91 Å². The molecule has 7 heteroatoms. The lowest BCUT2D eigenvalue weighted by atomic mass is 10.2. The number of esters is 1. The third kappa shape index (κ3) is 5.23. The zero-order chi connectivity index (χ0) is 15.9. The Balaban J connectivity index is 1.76. The minimum atomic E-state index is -0.443. The van der Waals surface area contributed by atoms with Crippen molar-refractivity contribution >= 4 is 34.6 Å². The zero-order valence-electron chi connectivity index (χ0n) is 12.5. The maximum Gasteiger partial charge on any atom is 0.312 e. The average molecular weight is 338 g/mol. The molecule has 0 aliphatic heterocycles. The van der Waals surface area contributed by atoms with E-state index in [1.807, 2.05) is 36.1 Å². The Bertz CT molecular complexity index is 621. The van der Waals surface area contributed by atoms with Crippen LogP contribution in [0.15, 0.2) is 22.2 Å². The number of thiophene rings is 1. The number of amides is 1. The lowest BCUT2D eigenvalue weighted by molar-refractivity contribution is -0.147. The third-order valence-corrected chi connectivity index (χ3v) is 4.34. The normalized spacial score (nSPS) is 10.7. The van der Waals surface area contributed by atoms with Crippen molar-refractivity contribution in [2.75, 3.05) is 13.2 Å². The lowest BCUT2D eigenvalue weighted by Gasteiger charge is -2.07. The summed E-state index contributed by atoms with van der Waals surface area (Å²) >= 11 is 3.10. The number of aromatic nitrogens is 1. The van der Waals surface area contributed by atoms with E-state index in [4.69, 9.17) is 4.74 Å². The minimum absolute atomic E-state index is 0.0814. The molecule has 0 fully saturated rings. The molecule has 2 rings (SSSR count). The molecule has 0 aliphatic rings. The molecule has 118 valence electrons. The van der Waals surface area contributed by atoms with E-state index in [1.54, 1.807) is 11.3 Å². The molecule has 2 heterocycles. The number of nitrogens with zero attached hydrogens (tertiary/aromatic N) is 1. The van der Waals surface area contributed by atoms with Crippen LogP contribution < -0.4 is 5.32 Å². The molecule has 0 atom stereocenters. The van der Waals surface area contributed by atoms with Gasteiger partial charge in [-0.25, -0.2) is 4.98 Å². The van der Waals surface area contributed by atoms with Crippen LogP contribution in [0.5, 0.6) is 0 Å². The lowest BCUT2D eigenvalue weighted by Crippen LogP contribution is -2.31. The van der Waals surface area contributed by atoms with E-state index in [1.165, 1.54) is 11.3 Å². The van der Waals surface area contributed by atoms with Gasteiger partial charge in [-0.3, -0.25) is 9.59 Å². The van der Waals surface area contributed by atoms with Gasteiger partial charge < -0.3 is 10.1 Å². The van der Waals surface area contributed by atoms with Gasteiger partial charge >= 0.3 is 5.97 Å². The Kier molecular flexibility index (Phi) is 6.09. The Morgan fingerprint density at radius 2 is 2.18 bits per heavy atom. The van der Waals surface area contributed by atoms with Crippen LogP contribution in [0.1, 0.15) is 19.5 Å². The second-order valence-electron chi connectivity index (χ2n) is 5.19. The Hall–Kier alpha value is -1.73. The summed E-state index contributed by atoms with van der Waals surface area (Å²) in [5, 5.41) is 9.42. The predicted molar refractivity (Wildman–Crippen MR) is 87.9 cm³/mol. The van der Waals surface area contributed by atoms with Crippen LogP contribution in [0.25, 0.3) is 10.6 Å². The zero-order valence-corrected chi connectivity index (χ0v) is 14.1. The average Bonchev–Trinajstić information content (AvgIpc) is 3.13. The van der Waals surface area contributed by atoms with Crippen molar-refractivity contribution in [2.24, 2.45) is 5.92 Å². The summed E-state index contributed by atoms with van der Waals surface area (Å²) in [4.78, 5) is 27.6. The van der Waals surface area contributed by atoms with E-state index in [2.05, 4.69) is 10.3 Å². The highest BCUT2D eigenvalue weighted by Gasteiger charge is 2.12. The molecule has 2 aromatic rings. The quantitative estimate of drug-likeness (QED) is 0.788. The molecule has 0 spiro atoms. The molecule has 0 aliphatic carbocycles. The van der Waals surface area contributed by atoms with Crippen LogP contribution >= 0.6 is 22.7 Å². The highest BCUT2D eigenvalue weighted by atomic mass is 32.1. The number of rotatable bonds is 7. The maximum absolute atomic E-state index is 11.7. The van der Waals surface area contributed by atoms with E-state index >= 15 is 0 Å². The van der Waals surface area contributed by atoms with Crippen LogP contribution in [0.4, 0.5) is 0 Å². The van der Waals surface area contributed by atoms with Gasteiger partial charge in [-0.05, 0) is 17.4 Å². The summed E-state index contributed by atoms with van der Waals surface area (Å²) in [7, 11) is 0. The van der Waals surface area contributed by atoms with Crippen LogP contribution in [0.3, 0.4) is 0 Å². The van der Waals surface area contributed by atoms with Gasteiger partial charge in [-0.15, -0.1) is 11.3 Å². The fourth-order valence-electron chi connectivity index (χ4n) is 1.62. The molecule has 0 bridgehead atoms. The first-order chi connectivity index (χ1) is 10.5. The summed E-state index contributed by atoms with van der Waals surface area (Å²) in [6.07, 6.45) is 0.0814. The van der Waals surface area contributed by atoms with Crippen LogP contribution in [-0.4, -0.2) is 30.0 Å². The molecule has 1 amide bonds. The number of nitrogens with one attached hydrogen (secondary N) is 1. The van der Waals surface area contributed by atoms with E-state index in [0.29, 0.717) is 18.2 Å². The van der Waals surface area contributed by atoms with Gasteiger partial charge in [0, 0.05) is 22.9 Å². The van der Waals surface area contributed by atoms with Crippen LogP contribution in [-0.2, 0) is 20.7 Å². The van der Waals surface area contributed by atoms with Crippen molar-refractivity contribution in [1.82, 2.24) is 10.3 Å². The fourth-order valence-corrected chi connectivity index (χ4v) is 3.15. The summed E-state index contributed by atoms with van der Waals surface area (Å²) in [6.45, 7) is 4.33. The predicted octanol–water partition coefficient (Wildman–Crippen LogP) is 2.73. The summed E-state index contributed by atoms with van der Waals surface area (Å²) in [5.74, 6) is -0.355. The molecule has 0 unspecified atom stereocenters. The van der Waals surface area contributed by atoms with Gasteiger partial charge in [0.15, 0.2) is 6.61 Å². The SMILES string of the molecule is CC(C)CNC(=O)COC(=O)Cc1csc(-c2ccsc2)n1. The van der Waals surface area contributed by atoms with E-state index in [0.717, 1.165) is 10.6 Å². The number of thiazole rings is 1.